The van der Waals surface area contributed by atoms with Gasteiger partial charge in [-0.05, 0) is 67.3 Å². The summed E-state index contributed by atoms with van der Waals surface area (Å²) in [6.45, 7) is 3.13. The smallest absolute Gasteiger partial charge is 0.418 e. The number of benzene rings is 3. The molecule has 3 aromatic rings. The van der Waals surface area contributed by atoms with Crippen LogP contribution in [0.3, 0.4) is 0 Å². The lowest BCUT2D eigenvalue weighted by molar-refractivity contribution is -0.187. The number of ether oxygens (including phenoxy) is 7. The number of amides is 8. The van der Waals surface area contributed by atoms with E-state index in [9.17, 15) is 55.9 Å². The van der Waals surface area contributed by atoms with Crippen LogP contribution >= 0.6 is 0 Å². The van der Waals surface area contributed by atoms with Crippen LogP contribution in [0.5, 0.6) is 0 Å². The Bertz CT molecular complexity index is 2620. The molecule has 4 aliphatic rings. The second-order valence-electron chi connectivity index (χ2n) is 17.9. The zero-order valence-corrected chi connectivity index (χ0v) is 41.5. The molecule has 410 valence electrons. The van der Waals surface area contributed by atoms with E-state index in [-0.39, 0.29) is 74.5 Å². The van der Waals surface area contributed by atoms with Crippen molar-refractivity contribution in [2.24, 2.45) is 0 Å². The van der Waals surface area contributed by atoms with Crippen molar-refractivity contribution >= 4 is 58.8 Å². The molecular weight excluding hydrogens is 1010 g/mol. The summed E-state index contributed by atoms with van der Waals surface area (Å²) in [5.74, 6) is -5.32. The van der Waals surface area contributed by atoms with Gasteiger partial charge in [-0.1, -0.05) is 24.3 Å². The molecule has 8 amide bonds. The maximum Gasteiger partial charge on any atom is 0.418 e. The molecule has 0 aromatic heterocycles. The van der Waals surface area contributed by atoms with Gasteiger partial charge in [-0.2, -0.15) is 13.2 Å². The average molecular weight is 1070 g/mol. The molecule has 2 saturated heterocycles. The molecule has 7 rings (SSSR count). The van der Waals surface area contributed by atoms with E-state index >= 15 is 0 Å². The molecule has 3 heterocycles. The maximum atomic E-state index is 13.8. The summed E-state index contributed by atoms with van der Waals surface area (Å²) >= 11 is 0. The van der Waals surface area contributed by atoms with Gasteiger partial charge in [-0.3, -0.25) is 43.8 Å². The van der Waals surface area contributed by atoms with E-state index in [1.165, 1.54) is 30.3 Å². The van der Waals surface area contributed by atoms with Gasteiger partial charge in [0.2, 0.25) is 29.2 Å². The number of fused-ring (bicyclic) bond motifs is 3. The molecule has 25 heteroatoms. The predicted molar refractivity (Wildman–Crippen MR) is 257 cm³/mol. The third-order valence-electron chi connectivity index (χ3n) is 12.8. The SMILES string of the molecule is CC(N(Cc1ccc(F)cc1)C(=O)CN1C(=O)O[C@@]2(CCc3cc(NC(=O)CCOCCOCCOCCOCCOCCOCCNc4cccc5c4C(=O)N(C4CCC(=O)NC4=O)C5=O)ccc32)C1=O)C(F)(F)F. The molecule has 0 radical (unpaired) electrons. The molecule has 2 fully saturated rings. The molecule has 2 unspecified atom stereocenters. The Morgan fingerprint density at radius 2 is 1.42 bits per heavy atom. The average Bonchev–Trinajstić information content (AvgIpc) is 4.01. The van der Waals surface area contributed by atoms with Gasteiger partial charge in [0.05, 0.1) is 96.8 Å². The fraction of sp³-hybridized carbons (Fsp3) is 0.490. The van der Waals surface area contributed by atoms with Crippen molar-refractivity contribution < 1.29 is 89.1 Å². The first kappa shape index (κ1) is 56.8. The van der Waals surface area contributed by atoms with Crippen molar-refractivity contribution in [3.8, 4) is 0 Å². The monoisotopic (exact) mass is 1070 g/mol. The molecule has 1 spiro atoms. The van der Waals surface area contributed by atoms with Crippen LogP contribution in [0, 0.1) is 5.82 Å². The fourth-order valence-corrected chi connectivity index (χ4v) is 8.87. The topological polar surface area (TPSA) is 247 Å². The van der Waals surface area contributed by atoms with Crippen LogP contribution in [0.2, 0.25) is 0 Å². The van der Waals surface area contributed by atoms with E-state index in [2.05, 4.69) is 16.0 Å². The number of nitrogens with zero attached hydrogens (tertiary/aromatic N) is 3. The van der Waals surface area contributed by atoms with Gasteiger partial charge in [-0.15, -0.1) is 0 Å². The summed E-state index contributed by atoms with van der Waals surface area (Å²) in [4.78, 5) is 105. The lowest BCUT2D eigenvalue weighted by Gasteiger charge is -2.31. The van der Waals surface area contributed by atoms with Gasteiger partial charge in [0.15, 0.2) is 0 Å². The van der Waals surface area contributed by atoms with E-state index in [1.807, 2.05) is 0 Å². The normalized spacial score (nSPS) is 18.5. The second kappa shape index (κ2) is 26.2. The molecule has 76 heavy (non-hydrogen) atoms. The summed E-state index contributed by atoms with van der Waals surface area (Å²) in [5.41, 5.74) is 0.553. The Morgan fingerprint density at radius 3 is 2.04 bits per heavy atom. The number of carbonyl (C=O) groups is 8. The number of carbonyl (C=O) groups excluding carboxylic acids is 8. The van der Waals surface area contributed by atoms with Crippen molar-refractivity contribution in [3.05, 3.63) is 94.3 Å². The van der Waals surface area contributed by atoms with Gasteiger partial charge in [0.1, 0.15) is 24.4 Å². The summed E-state index contributed by atoms with van der Waals surface area (Å²) in [6, 6.07) is 10.7. The zero-order valence-electron chi connectivity index (χ0n) is 41.5. The highest BCUT2D eigenvalue weighted by Gasteiger charge is 2.59. The number of halogens is 4. The molecule has 3 aliphatic heterocycles. The molecule has 3 N–H and O–H groups in total. The summed E-state index contributed by atoms with van der Waals surface area (Å²) in [6.07, 6.45) is -5.61. The lowest BCUT2D eigenvalue weighted by atomic mass is 9.94. The van der Waals surface area contributed by atoms with Crippen LogP contribution in [0.15, 0.2) is 60.7 Å². The highest BCUT2D eigenvalue weighted by Crippen LogP contribution is 2.46. The Labute approximate surface area is 433 Å². The quantitative estimate of drug-likeness (QED) is 0.0507. The van der Waals surface area contributed by atoms with E-state index in [1.54, 1.807) is 18.2 Å². The number of piperidine rings is 1. The van der Waals surface area contributed by atoms with Crippen LogP contribution < -0.4 is 16.0 Å². The summed E-state index contributed by atoms with van der Waals surface area (Å²) in [7, 11) is 0. The number of nitrogens with one attached hydrogen (secondary N) is 3. The van der Waals surface area contributed by atoms with Crippen LogP contribution in [-0.4, -0.2) is 173 Å². The number of imide groups is 3. The van der Waals surface area contributed by atoms with E-state index < -0.39 is 84.3 Å². The summed E-state index contributed by atoms with van der Waals surface area (Å²) in [5, 5.41) is 8.05. The van der Waals surface area contributed by atoms with Crippen molar-refractivity contribution in [2.75, 3.05) is 103 Å². The minimum Gasteiger partial charge on any atom is -0.427 e. The number of aryl methyl sites for hydroxylation is 1. The van der Waals surface area contributed by atoms with E-state index in [0.717, 1.165) is 24.0 Å². The fourth-order valence-electron chi connectivity index (χ4n) is 8.87. The highest BCUT2D eigenvalue weighted by atomic mass is 19.4. The minimum absolute atomic E-state index is 0.0139. The largest absolute Gasteiger partial charge is 0.427 e. The van der Waals surface area contributed by atoms with Gasteiger partial charge in [0.25, 0.3) is 17.7 Å². The molecule has 0 bridgehead atoms. The molecule has 3 atom stereocenters. The van der Waals surface area contributed by atoms with Crippen LogP contribution in [0.1, 0.15) is 70.0 Å². The molecular formula is C51H58F4N6O15. The van der Waals surface area contributed by atoms with Crippen LogP contribution in [0.25, 0.3) is 0 Å². The molecule has 21 nitrogen and oxygen atoms in total. The lowest BCUT2D eigenvalue weighted by Crippen LogP contribution is -2.54. The van der Waals surface area contributed by atoms with Gasteiger partial charge in [-0.25, -0.2) is 14.1 Å². The predicted octanol–water partition coefficient (Wildman–Crippen LogP) is 3.87. The third kappa shape index (κ3) is 14.1. The number of hydrogen-bond acceptors (Lipinski definition) is 16. The summed E-state index contributed by atoms with van der Waals surface area (Å²) < 4.78 is 93.6. The molecule has 3 aromatic carbocycles. The first-order chi connectivity index (χ1) is 36.5. The zero-order chi connectivity index (χ0) is 54.4. The van der Waals surface area contributed by atoms with Crippen molar-refractivity contribution in [1.29, 1.82) is 0 Å². The first-order valence-electron chi connectivity index (χ1n) is 24.6. The minimum atomic E-state index is -4.84. The Balaban J connectivity index is 0.680. The number of hydrogen-bond donors (Lipinski definition) is 3. The van der Waals surface area contributed by atoms with Crippen molar-refractivity contribution in [2.45, 2.75) is 69.4 Å². The number of anilines is 2. The standard InChI is InChI=1S/C51H58F4N6O15/c1-32(51(53,54)55)59(30-33-5-7-35(52)8-6-33)43(64)31-60-48(68)50(76-49(60)69)15-13-34-29-36(9-10-38(34)50)57-42(63)14-17-70-19-21-72-23-25-74-27-28-75-26-24-73-22-20-71-18-16-56-39-4-2-3-37-44(39)47(67)61(46(37)66)40-11-12-41(62)58-45(40)65/h2-10,29,32,40,56H,11-28,30-31H2,1H3,(H,57,63)(H,58,62,65)/t32?,40?,50-/m1/s1. The van der Waals surface area contributed by atoms with Gasteiger partial charge >= 0.3 is 12.3 Å². The Morgan fingerprint density at radius 1 is 0.803 bits per heavy atom. The highest BCUT2D eigenvalue weighted by molar-refractivity contribution is 6.25. The van der Waals surface area contributed by atoms with Crippen LogP contribution in [0.4, 0.5) is 33.7 Å². The van der Waals surface area contributed by atoms with E-state index in [0.29, 0.717) is 98.3 Å². The number of rotatable bonds is 29. The first-order valence-corrected chi connectivity index (χ1v) is 24.6. The van der Waals surface area contributed by atoms with Crippen molar-refractivity contribution in [3.63, 3.8) is 0 Å². The molecule has 1 aliphatic carbocycles. The third-order valence-corrected chi connectivity index (χ3v) is 12.8. The van der Waals surface area contributed by atoms with E-state index in [4.69, 9.17) is 33.2 Å². The van der Waals surface area contributed by atoms with Crippen LogP contribution in [-0.2, 0) is 75.7 Å². The molecule has 0 saturated carbocycles. The maximum absolute atomic E-state index is 13.8. The Kier molecular flexibility index (Phi) is 19.6. The van der Waals surface area contributed by atoms with Gasteiger partial charge < -0.3 is 48.7 Å². The van der Waals surface area contributed by atoms with Gasteiger partial charge in [0, 0.05) is 42.9 Å². The second-order valence-corrected chi connectivity index (χ2v) is 17.9. The van der Waals surface area contributed by atoms with Crippen molar-refractivity contribution in [1.82, 2.24) is 20.0 Å². The number of alkyl halides is 3. The Hall–Kier alpha value is -6.90.